The smallest absolute Gasteiger partial charge is 0.195 e. The number of fused-ring (bicyclic) bond motifs is 5. The third kappa shape index (κ3) is 3.73. The molecule has 42 heavy (non-hydrogen) atoms. The van der Waals surface area contributed by atoms with E-state index in [0.717, 1.165) is 48.1 Å². The molecule has 4 heteroatoms. The Bertz CT molecular complexity index is 2340. The summed E-state index contributed by atoms with van der Waals surface area (Å²) < 4.78 is 4.40. The Labute approximate surface area is 247 Å². The average Bonchev–Trinajstić information content (AvgIpc) is 3.38. The molecule has 8 rings (SSSR count). The van der Waals surface area contributed by atoms with Crippen molar-refractivity contribution in [1.82, 2.24) is 9.55 Å². The lowest BCUT2D eigenvalue weighted by Gasteiger charge is -2.16. The van der Waals surface area contributed by atoms with Gasteiger partial charge in [-0.05, 0) is 72.5 Å². The first-order valence-electron chi connectivity index (χ1n) is 14.1. The SMILES string of the molecule is Cc1cccc2c3cccc(C)c3n(-c3ccccc3-c3ccc4sc5ccc(-c6cccnc6)cc5c(=O)c4c3)c12. The van der Waals surface area contributed by atoms with Crippen LogP contribution in [-0.4, -0.2) is 9.55 Å². The summed E-state index contributed by atoms with van der Waals surface area (Å²) in [6.45, 7) is 4.36. The van der Waals surface area contributed by atoms with Gasteiger partial charge in [0, 0.05) is 54.5 Å². The van der Waals surface area contributed by atoms with Gasteiger partial charge in [-0.25, -0.2) is 0 Å². The number of rotatable bonds is 3. The van der Waals surface area contributed by atoms with Gasteiger partial charge in [-0.2, -0.15) is 0 Å². The second-order valence-corrected chi connectivity index (χ2v) is 12.0. The molecule has 200 valence electrons. The summed E-state index contributed by atoms with van der Waals surface area (Å²) in [5, 5.41) is 3.99. The molecule has 0 spiro atoms. The van der Waals surface area contributed by atoms with Crippen LogP contribution in [0.1, 0.15) is 11.1 Å². The topological polar surface area (TPSA) is 34.9 Å². The Morgan fingerprint density at radius 2 is 1.24 bits per heavy atom. The molecule has 0 aliphatic heterocycles. The van der Waals surface area contributed by atoms with Crippen LogP contribution in [0.2, 0.25) is 0 Å². The Balaban J connectivity index is 1.38. The number of hydrogen-bond acceptors (Lipinski definition) is 3. The molecule has 3 nitrogen and oxygen atoms in total. The van der Waals surface area contributed by atoms with Crippen LogP contribution in [0.3, 0.4) is 0 Å². The van der Waals surface area contributed by atoms with E-state index >= 15 is 0 Å². The van der Waals surface area contributed by atoms with Crippen LogP contribution in [0, 0.1) is 13.8 Å². The Morgan fingerprint density at radius 1 is 0.595 bits per heavy atom. The molecule has 0 aliphatic carbocycles. The van der Waals surface area contributed by atoms with Gasteiger partial charge in [-0.3, -0.25) is 9.78 Å². The van der Waals surface area contributed by atoms with Gasteiger partial charge >= 0.3 is 0 Å². The van der Waals surface area contributed by atoms with E-state index in [1.54, 1.807) is 17.5 Å². The second-order valence-electron chi connectivity index (χ2n) is 10.9. The van der Waals surface area contributed by atoms with Crippen molar-refractivity contribution in [2.45, 2.75) is 13.8 Å². The summed E-state index contributed by atoms with van der Waals surface area (Å²) >= 11 is 1.66. The first kappa shape index (κ1) is 24.7. The van der Waals surface area contributed by atoms with Crippen molar-refractivity contribution in [3.8, 4) is 27.9 Å². The minimum Gasteiger partial charge on any atom is -0.308 e. The highest BCUT2D eigenvalue weighted by Crippen LogP contribution is 2.39. The monoisotopic (exact) mass is 558 g/mol. The molecular formula is C38H26N2OS. The molecule has 0 bridgehead atoms. The van der Waals surface area contributed by atoms with Crippen LogP contribution < -0.4 is 5.43 Å². The van der Waals surface area contributed by atoms with Gasteiger partial charge in [0.25, 0.3) is 0 Å². The lowest BCUT2D eigenvalue weighted by atomic mass is 10.0. The zero-order valence-corrected chi connectivity index (χ0v) is 24.1. The molecule has 0 atom stereocenters. The van der Waals surface area contributed by atoms with Gasteiger partial charge < -0.3 is 4.57 Å². The fourth-order valence-electron chi connectivity index (χ4n) is 6.35. The summed E-state index contributed by atoms with van der Waals surface area (Å²) in [5.41, 5.74) is 10.2. The third-order valence-corrected chi connectivity index (χ3v) is 9.48. The highest BCUT2D eigenvalue weighted by Gasteiger charge is 2.18. The summed E-state index contributed by atoms with van der Waals surface area (Å²) in [7, 11) is 0. The van der Waals surface area contributed by atoms with Crippen LogP contribution in [0.5, 0.6) is 0 Å². The van der Waals surface area contributed by atoms with Crippen molar-refractivity contribution in [1.29, 1.82) is 0 Å². The zero-order chi connectivity index (χ0) is 28.4. The third-order valence-electron chi connectivity index (χ3n) is 8.33. The van der Waals surface area contributed by atoms with Crippen LogP contribution in [-0.2, 0) is 0 Å². The summed E-state index contributed by atoms with van der Waals surface area (Å²) in [6.07, 6.45) is 3.60. The normalized spacial score (nSPS) is 11.7. The number of aromatic nitrogens is 2. The zero-order valence-electron chi connectivity index (χ0n) is 23.3. The van der Waals surface area contributed by atoms with Crippen LogP contribution in [0.25, 0.3) is 69.9 Å². The predicted octanol–water partition coefficient (Wildman–Crippen LogP) is 9.86. The van der Waals surface area contributed by atoms with Gasteiger partial charge in [0.1, 0.15) is 0 Å². The number of aryl methyl sites for hydroxylation is 2. The molecule has 0 unspecified atom stereocenters. The van der Waals surface area contributed by atoms with Gasteiger partial charge in [-0.15, -0.1) is 11.3 Å². The van der Waals surface area contributed by atoms with E-state index in [0.29, 0.717) is 0 Å². The lowest BCUT2D eigenvalue weighted by Crippen LogP contribution is -2.02. The van der Waals surface area contributed by atoms with Gasteiger partial charge in [0.2, 0.25) is 0 Å². The van der Waals surface area contributed by atoms with Crippen molar-refractivity contribution in [2.24, 2.45) is 0 Å². The molecule has 0 radical (unpaired) electrons. The maximum absolute atomic E-state index is 14.0. The minimum absolute atomic E-state index is 0.0624. The van der Waals surface area contributed by atoms with E-state index in [2.05, 4.69) is 114 Å². The van der Waals surface area contributed by atoms with E-state index in [1.807, 2.05) is 24.4 Å². The highest BCUT2D eigenvalue weighted by molar-refractivity contribution is 7.24. The summed E-state index contributed by atoms with van der Waals surface area (Å²) in [4.78, 5) is 18.3. The molecule has 0 amide bonds. The fourth-order valence-corrected chi connectivity index (χ4v) is 7.38. The molecule has 0 N–H and O–H groups in total. The molecule has 5 aromatic carbocycles. The van der Waals surface area contributed by atoms with Gasteiger partial charge in [0.05, 0.1) is 16.7 Å². The molecule has 0 saturated heterocycles. The number of hydrogen-bond donors (Lipinski definition) is 0. The van der Waals surface area contributed by atoms with Crippen molar-refractivity contribution < 1.29 is 0 Å². The Morgan fingerprint density at radius 3 is 1.90 bits per heavy atom. The van der Waals surface area contributed by atoms with Crippen molar-refractivity contribution in [3.63, 3.8) is 0 Å². The van der Waals surface area contributed by atoms with E-state index < -0.39 is 0 Å². The standard InChI is InChI=1S/C38H26N2OS/c1-23-8-5-12-29-30-13-6-9-24(2)37(30)40(36(23)29)33-14-4-3-11-28(33)26-16-18-35-32(21-26)38(41)31-20-25(15-17-34(31)42-35)27-10-7-19-39-22-27/h3-22H,1-2H3. The predicted molar refractivity (Wildman–Crippen MR) is 178 cm³/mol. The van der Waals surface area contributed by atoms with Gasteiger partial charge in [-0.1, -0.05) is 72.8 Å². The summed E-state index contributed by atoms with van der Waals surface area (Å²) in [5.74, 6) is 0. The van der Waals surface area contributed by atoms with Gasteiger partial charge in [0.15, 0.2) is 5.43 Å². The van der Waals surface area contributed by atoms with E-state index in [1.165, 1.54) is 32.9 Å². The first-order chi connectivity index (χ1) is 20.6. The Kier molecular flexibility index (Phi) is 5.59. The van der Waals surface area contributed by atoms with E-state index in [-0.39, 0.29) is 5.43 Å². The minimum atomic E-state index is 0.0624. The maximum Gasteiger partial charge on any atom is 0.195 e. The number of pyridine rings is 1. The van der Waals surface area contributed by atoms with Crippen LogP contribution in [0.4, 0.5) is 0 Å². The van der Waals surface area contributed by atoms with E-state index in [9.17, 15) is 4.79 Å². The maximum atomic E-state index is 14.0. The van der Waals surface area contributed by atoms with Crippen molar-refractivity contribution in [3.05, 3.63) is 143 Å². The first-order valence-corrected chi connectivity index (χ1v) is 14.9. The molecule has 3 aromatic heterocycles. The van der Waals surface area contributed by atoms with Crippen molar-refractivity contribution in [2.75, 3.05) is 0 Å². The molecule has 8 aromatic rings. The molecule has 0 fully saturated rings. The number of benzene rings is 5. The quantitative estimate of drug-likeness (QED) is 0.202. The molecule has 0 saturated carbocycles. The summed E-state index contributed by atoms with van der Waals surface area (Å²) in [6, 6.07) is 38.0. The van der Waals surface area contributed by atoms with E-state index in [4.69, 9.17) is 0 Å². The van der Waals surface area contributed by atoms with Crippen LogP contribution in [0.15, 0.2) is 126 Å². The fraction of sp³-hybridized carbons (Fsp3) is 0.0526. The van der Waals surface area contributed by atoms with Crippen molar-refractivity contribution >= 4 is 53.3 Å². The average molecular weight is 559 g/mol. The lowest BCUT2D eigenvalue weighted by molar-refractivity contribution is 1.16. The largest absolute Gasteiger partial charge is 0.308 e. The van der Waals surface area contributed by atoms with Crippen LogP contribution >= 0.6 is 11.3 Å². The second kappa shape index (κ2) is 9.51. The molecule has 0 aliphatic rings. The molecular weight excluding hydrogens is 532 g/mol. The highest BCUT2D eigenvalue weighted by atomic mass is 32.1. The molecule has 3 heterocycles. The number of nitrogens with zero attached hydrogens (tertiary/aromatic N) is 2. The number of para-hydroxylation sites is 3. The Hall–Kier alpha value is -5.06.